The molecule has 0 spiro atoms. The molecule has 0 aliphatic heterocycles. The van der Waals surface area contributed by atoms with E-state index in [0.717, 1.165) is 35.3 Å². The Morgan fingerprint density at radius 2 is 1.09 bits per heavy atom. The molecule has 2 heteroatoms. The molecule has 0 saturated carbocycles. The lowest BCUT2D eigenvalue weighted by atomic mass is 9.84. The molecule has 53 heavy (non-hydrogen) atoms. The minimum absolute atomic E-state index is 0.987. The lowest BCUT2D eigenvalue weighted by molar-refractivity contribution is 0.960. The van der Waals surface area contributed by atoms with Crippen LogP contribution < -0.4 is 0 Å². The topological polar surface area (TPSA) is 17.8 Å². The van der Waals surface area contributed by atoms with Crippen molar-refractivity contribution in [3.8, 4) is 33.6 Å². The number of hydrogen-bond donors (Lipinski definition) is 0. The van der Waals surface area contributed by atoms with Gasteiger partial charge in [-0.05, 0) is 119 Å². The molecule has 0 N–H and O–H groups in total. The molecule has 0 fully saturated rings. The van der Waals surface area contributed by atoms with Gasteiger partial charge in [-0.25, -0.2) is 4.98 Å². The van der Waals surface area contributed by atoms with E-state index in [1.807, 2.05) is 0 Å². The molecule has 0 amide bonds. The first kappa shape index (κ1) is 29.9. The lowest BCUT2D eigenvalue weighted by Crippen LogP contribution is -2.01. The van der Waals surface area contributed by atoms with Gasteiger partial charge in [-0.1, -0.05) is 152 Å². The zero-order chi connectivity index (χ0) is 34.9. The van der Waals surface area contributed by atoms with Gasteiger partial charge in [-0.3, -0.25) is 4.57 Å². The molecular formula is C51H34N2. The van der Waals surface area contributed by atoms with Gasteiger partial charge in [-0.15, -0.1) is 0 Å². The third kappa shape index (κ3) is 4.69. The lowest BCUT2D eigenvalue weighted by Gasteiger charge is -2.19. The number of para-hydroxylation sites is 2. The van der Waals surface area contributed by atoms with Gasteiger partial charge in [0.05, 0.1) is 11.0 Å². The van der Waals surface area contributed by atoms with E-state index in [1.165, 1.54) is 81.8 Å². The fourth-order valence-corrected chi connectivity index (χ4v) is 8.80. The Kier molecular flexibility index (Phi) is 6.72. The number of fused-ring (bicyclic) bond motifs is 7. The summed E-state index contributed by atoms with van der Waals surface area (Å²) in [4.78, 5) is 5.16. The molecule has 0 saturated heterocycles. The third-order valence-corrected chi connectivity index (χ3v) is 11.2. The second-order valence-corrected chi connectivity index (χ2v) is 14.2. The Balaban J connectivity index is 1.11. The molecule has 11 rings (SSSR count). The molecule has 248 valence electrons. The quantitative estimate of drug-likeness (QED) is 0.134. The fraction of sp³-hybridized carbons (Fsp3) is 0.0392. The molecular weight excluding hydrogens is 641 g/mol. The van der Waals surface area contributed by atoms with E-state index >= 15 is 0 Å². The summed E-state index contributed by atoms with van der Waals surface area (Å²) in [5, 5.41) is 12.7. The smallest absolute Gasteiger partial charge is 0.145 e. The van der Waals surface area contributed by atoms with Crippen molar-refractivity contribution in [3.63, 3.8) is 0 Å². The monoisotopic (exact) mass is 674 g/mol. The van der Waals surface area contributed by atoms with Crippen LogP contribution in [0, 0.1) is 0 Å². The Labute approximate surface area is 307 Å². The van der Waals surface area contributed by atoms with Crippen LogP contribution in [0.25, 0.3) is 104 Å². The number of nitrogens with zero attached hydrogens (tertiary/aromatic N) is 2. The zero-order valence-corrected chi connectivity index (χ0v) is 29.1. The summed E-state index contributed by atoms with van der Waals surface area (Å²) in [7, 11) is 0. The van der Waals surface area contributed by atoms with E-state index in [-0.39, 0.29) is 0 Å². The first-order valence-corrected chi connectivity index (χ1v) is 18.5. The molecule has 0 bridgehead atoms. The summed E-state index contributed by atoms with van der Waals surface area (Å²) in [6.45, 7) is 0. The molecule has 0 atom stereocenters. The molecule has 0 unspecified atom stereocenters. The highest BCUT2D eigenvalue weighted by molar-refractivity contribution is 6.25. The van der Waals surface area contributed by atoms with Crippen molar-refractivity contribution in [3.05, 3.63) is 182 Å². The minimum atomic E-state index is 0.987. The van der Waals surface area contributed by atoms with Crippen LogP contribution in [-0.4, -0.2) is 9.55 Å². The molecule has 10 aromatic rings. The van der Waals surface area contributed by atoms with Crippen LogP contribution in [0.5, 0.6) is 0 Å². The molecule has 1 aliphatic rings. The van der Waals surface area contributed by atoms with Crippen molar-refractivity contribution in [2.75, 3.05) is 0 Å². The van der Waals surface area contributed by atoms with Gasteiger partial charge in [0.25, 0.3) is 0 Å². The van der Waals surface area contributed by atoms with Gasteiger partial charge in [0.1, 0.15) is 5.82 Å². The van der Waals surface area contributed by atoms with Gasteiger partial charge in [0.15, 0.2) is 0 Å². The summed E-state index contributed by atoms with van der Waals surface area (Å²) < 4.78 is 2.35. The average Bonchev–Trinajstić information content (AvgIpc) is 3.62. The van der Waals surface area contributed by atoms with Crippen LogP contribution in [0.1, 0.15) is 12.8 Å². The normalized spacial score (nSPS) is 13.2. The van der Waals surface area contributed by atoms with Crippen molar-refractivity contribution in [2.45, 2.75) is 12.8 Å². The maximum Gasteiger partial charge on any atom is 0.145 e. The number of rotatable bonds is 4. The van der Waals surface area contributed by atoms with Crippen LogP contribution in [0.15, 0.2) is 182 Å². The standard InChI is InChI=1S/C51H34N2/c1-2-15-38(16-3-1)53-48-24-11-10-23-47(48)52-51(53)34-27-25-33(26-28-34)49-42-17-6-8-19-44(42)50(45-20-9-7-18-43(45)49)41-22-12-21-39-40(41)30-29-37-31-35-13-4-5-14-36(35)32-46(37)39/h1-2,4-15,17-32H,3,16H2. The molecule has 9 aromatic carbocycles. The molecule has 1 heterocycles. The van der Waals surface area contributed by atoms with Gasteiger partial charge in [-0.2, -0.15) is 0 Å². The largest absolute Gasteiger partial charge is 0.296 e. The molecule has 2 nitrogen and oxygen atoms in total. The van der Waals surface area contributed by atoms with Crippen LogP contribution in [0.2, 0.25) is 0 Å². The van der Waals surface area contributed by atoms with E-state index in [1.54, 1.807) is 0 Å². The summed E-state index contributed by atoms with van der Waals surface area (Å²) in [6.07, 6.45) is 8.68. The van der Waals surface area contributed by atoms with Gasteiger partial charge in [0.2, 0.25) is 0 Å². The van der Waals surface area contributed by atoms with Gasteiger partial charge >= 0.3 is 0 Å². The SMILES string of the molecule is C1=CCCC(n2c(-c3ccc(-c4c5ccccc5c(-c5cccc6c5ccc5cc7ccccc7cc56)c5ccccc45)cc3)nc3ccccc32)=C1. The van der Waals surface area contributed by atoms with Crippen molar-refractivity contribution in [2.24, 2.45) is 0 Å². The maximum atomic E-state index is 5.16. The van der Waals surface area contributed by atoms with E-state index < -0.39 is 0 Å². The van der Waals surface area contributed by atoms with Crippen LogP contribution in [-0.2, 0) is 0 Å². The number of aromatic nitrogens is 2. The summed E-state index contributed by atoms with van der Waals surface area (Å²) in [6, 6.07) is 60.2. The predicted octanol–water partition coefficient (Wildman–Crippen LogP) is 14.0. The van der Waals surface area contributed by atoms with Crippen molar-refractivity contribution < 1.29 is 0 Å². The van der Waals surface area contributed by atoms with Crippen LogP contribution in [0.4, 0.5) is 0 Å². The Hall–Kier alpha value is -6.77. The first-order valence-electron chi connectivity index (χ1n) is 18.5. The van der Waals surface area contributed by atoms with Crippen LogP contribution in [0.3, 0.4) is 0 Å². The number of allylic oxidation sites excluding steroid dienone is 4. The highest BCUT2D eigenvalue weighted by Gasteiger charge is 2.20. The second-order valence-electron chi connectivity index (χ2n) is 14.2. The Bertz CT molecular complexity index is 3100. The van der Waals surface area contributed by atoms with Gasteiger partial charge < -0.3 is 0 Å². The summed E-state index contributed by atoms with van der Waals surface area (Å²) >= 11 is 0. The maximum absolute atomic E-state index is 5.16. The van der Waals surface area contributed by atoms with Crippen molar-refractivity contribution >= 4 is 70.6 Å². The van der Waals surface area contributed by atoms with E-state index in [4.69, 9.17) is 4.98 Å². The number of hydrogen-bond acceptors (Lipinski definition) is 1. The number of benzene rings is 9. The van der Waals surface area contributed by atoms with E-state index in [2.05, 4.69) is 187 Å². The van der Waals surface area contributed by atoms with E-state index in [9.17, 15) is 0 Å². The highest BCUT2D eigenvalue weighted by atomic mass is 15.1. The highest BCUT2D eigenvalue weighted by Crippen LogP contribution is 2.46. The third-order valence-electron chi connectivity index (χ3n) is 11.2. The Morgan fingerprint density at radius 1 is 0.453 bits per heavy atom. The zero-order valence-electron chi connectivity index (χ0n) is 29.1. The fourth-order valence-electron chi connectivity index (χ4n) is 8.80. The van der Waals surface area contributed by atoms with E-state index in [0.29, 0.717) is 0 Å². The minimum Gasteiger partial charge on any atom is -0.296 e. The molecule has 0 radical (unpaired) electrons. The van der Waals surface area contributed by atoms with Gasteiger partial charge in [0, 0.05) is 11.3 Å². The predicted molar refractivity (Wildman–Crippen MR) is 226 cm³/mol. The second kappa shape index (κ2) is 11.9. The number of imidazole rings is 1. The summed E-state index contributed by atoms with van der Waals surface area (Å²) in [5.41, 5.74) is 9.57. The van der Waals surface area contributed by atoms with Crippen LogP contribution >= 0.6 is 0 Å². The first-order chi connectivity index (χ1) is 26.3. The molecule has 1 aliphatic carbocycles. The Morgan fingerprint density at radius 3 is 1.83 bits per heavy atom. The average molecular weight is 675 g/mol. The van der Waals surface area contributed by atoms with Crippen molar-refractivity contribution in [1.29, 1.82) is 0 Å². The van der Waals surface area contributed by atoms with Crippen molar-refractivity contribution in [1.82, 2.24) is 9.55 Å². The molecule has 1 aromatic heterocycles. The summed E-state index contributed by atoms with van der Waals surface area (Å²) in [5.74, 6) is 0.987.